The van der Waals surface area contributed by atoms with Gasteiger partial charge in [-0.3, -0.25) is 14.4 Å². The maximum Gasteiger partial charge on any atom is 0.375 e. The number of rotatable bonds is 9. The summed E-state index contributed by atoms with van der Waals surface area (Å²) in [6.45, 7) is 20.3. The Kier molecular flexibility index (Phi) is 14.6. The molecule has 0 amide bonds. The zero-order valence-electron chi connectivity index (χ0n) is 43.9. The Morgan fingerprint density at radius 2 is 1.60 bits per heavy atom. The van der Waals surface area contributed by atoms with Gasteiger partial charge >= 0.3 is 17.9 Å². The summed E-state index contributed by atoms with van der Waals surface area (Å²) in [6, 6.07) is 3.07. The van der Waals surface area contributed by atoms with Crippen LogP contribution in [0.1, 0.15) is 157 Å². The van der Waals surface area contributed by atoms with Gasteiger partial charge in [-0.15, -0.1) is 23.2 Å². The average Bonchev–Trinajstić information content (AvgIpc) is 3.99. The Bertz CT molecular complexity index is 2470. The molecule has 0 spiro atoms. The summed E-state index contributed by atoms with van der Waals surface area (Å²) < 4.78 is 17.2. The lowest BCUT2D eigenvalue weighted by Gasteiger charge is -2.69. The van der Waals surface area contributed by atoms with Crippen LogP contribution in [0.25, 0.3) is 0 Å². The van der Waals surface area contributed by atoms with Crippen LogP contribution in [0.2, 0.25) is 0 Å². The van der Waals surface area contributed by atoms with Crippen LogP contribution in [0.5, 0.6) is 0 Å². The molecule has 7 saturated carbocycles. The highest BCUT2D eigenvalue weighted by Crippen LogP contribution is 2.75. The van der Waals surface area contributed by atoms with Crippen molar-refractivity contribution in [2.45, 2.75) is 181 Å². The second-order valence-corrected chi connectivity index (χ2v) is 25.6. The van der Waals surface area contributed by atoms with Gasteiger partial charge in [0.25, 0.3) is 0 Å². The van der Waals surface area contributed by atoms with Gasteiger partial charge in [-0.1, -0.05) is 71.8 Å². The number of carboxylic acid groups (broad SMARTS) is 1. The first kappa shape index (κ1) is 54.7. The van der Waals surface area contributed by atoms with E-state index < -0.39 is 57.5 Å². The summed E-state index contributed by atoms with van der Waals surface area (Å²) >= 11 is 13.6. The first-order valence-corrected chi connectivity index (χ1v) is 27.3. The normalized spacial score (nSPS) is 45.2. The zero-order chi connectivity index (χ0) is 52.9. The maximum atomic E-state index is 13.6. The monoisotopic (exact) mass is 1040 g/mol. The molecule has 0 unspecified atom stereocenters. The van der Waals surface area contributed by atoms with Crippen LogP contribution in [-0.4, -0.2) is 90.7 Å². The van der Waals surface area contributed by atoms with Crippen LogP contribution < -0.4 is 0 Å². The fraction of sp³-hybridized carbons (Fsp3) is 0.707. The van der Waals surface area contributed by atoms with Crippen molar-refractivity contribution in [3.8, 4) is 0 Å². The van der Waals surface area contributed by atoms with E-state index in [-0.39, 0.29) is 87.5 Å². The molecule has 1 aromatic heterocycles. The molecule has 8 aliphatic carbocycles. The van der Waals surface area contributed by atoms with Gasteiger partial charge in [-0.05, 0) is 173 Å². The van der Waals surface area contributed by atoms with Crippen molar-refractivity contribution in [3.05, 3.63) is 70.8 Å². The summed E-state index contributed by atoms with van der Waals surface area (Å²) in [5.74, 6) is -3.03. The number of aliphatic hydroxyl groups is 3. The van der Waals surface area contributed by atoms with Gasteiger partial charge < -0.3 is 34.3 Å². The van der Waals surface area contributed by atoms with E-state index in [0.29, 0.717) is 56.4 Å². The largest absolute Gasteiger partial charge is 0.478 e. The Balaban J connectivity index is 0.000000193. The number of ether oxygens (including phenoxy) is 2. The number of carboxylic acids is 1. The van der Waals surface area contributed by atoms with Crippen molar-refractivity contribution < 1.29 is 58.3 Å². The van der Waals surface area contributed by atoms with Gasteiger partial charge in [0.15, 0.2) is 17.2 Å². The number of halogens is 2. The second-order valence-electron chi connectivity index (χ2n) is 24.7. The minimum absolute atomic E-state index is 0.00557. The predicted octanol–water partition coefficient (Wildman–Crippen LogP) is 10.5. The van der Waals surface area contributed by atoms with E-state index in [2.05, 4.69) is 27.7 Å². The van der Waals surface area contributed by atoms with Gasteiger partial charge in [-0.2, -0.15) is 0 Å². The van der Waals surface area contributed by atoms with Crippen molar-refractivity contribution in [2.75, 3.05) is 5.88 Å². The predicted molar refractivity (Wildman–Crippen MR) is 273 cm³/mol. The number of hydrogen-bond acceptors (Lipinski definition) is 11. The number of allylic oxidation sites excluding steroid dienone is 6. The highest BCUT2D eigenvalue weighted by Gasteiger charge is 2.77. The first-order valence-electron chi connectivity index (χ1n) is 26.4. The van der Waals surface area contributed by atoms with Gasteiger partial charge in [-0.25, -0.2) is 9.59 Å². The Labute approximate surface area is 435 Å². The zero-order valence-corrected chi connectivity index (χ0v) is 45.4. The minimum atomic E-state index is -1.53. The molecule has 7 fully saturated rings. The number of ketones is 2. The standard InChI is InChI=1S/C31H48O6.C27H30Cl2O6/c1-17(2)9-8-10-20(28(35)36)26-22-15-24(34)27-29(5)13-12-23(33)18(3)21(29)11-14-30(27,6)31(22,7)16-25(26)37-19(4)32;1-15-11-19-18-7-6-16-12-17(30)8-9-24(16,2)26(18,29)21(31)13-25(19,3)27(15,22(32)14-28)35-23(33)20-5-4-10-34-20/h9,18,21-25,27,33-34H,8,10-16H2,1-7H3,(H,35,36);4-5,8-10,12,15,18-19,21,31H,6-7,11,13-14H2,1-3H3/b26-20-;/t18-,21-,22-,23+,24+,25-,27-,29-,30-,31-;15-,18+,19+,21+,24+,25+,26+,27+/m01/s1. The topological polar surface area (TPSA) is 198 Å². The molecule has 0 bridgehead atoms. The summed E-state index contributed by atoms with van der Waals surface area (Å²) in [5, 5.41) is 44.6. The molecule has 14 heteroatoms. The van der Waals surface area contributed by atoms with Crippen molar-refractivity contribution in [1.82, 2.24) is 0 Å². The van der Waals surface area contributed by atoms with Gasteiger partial charge in [0.2, 0.25) is 5.76 Å². The van der Waals surface area contributed by atoms with E-state index in [1.807, 2.05) is 46.8 Å². The summed E-state index contributed by atoms with van der Waals surface area (Å²) in [5.41, 5.74) is -0.633. The van der Waals surface area contributed by atoms with Crippen molar-refractivity contribution >= 4 is 52.7 Å². The number of esters is 2. The Morgan fingerprint density at radius 3 is 2.22 bits per heavy atom. The lowest BCUT2D eigenvalue weighted by atomic mass is 9.36. The molecule has 12 nitrogen and oxygen atoms in total. The van der Waals surface area contributed by atoms with Crippen LogP contribution in [0.15, 0.2) is 69.4 Å². The Morgan fingerprint density at radius 1 is 0.889 bits per heavy atom. The Hall–Kier alpha value is -3.55. The third-order valence-electron chi connectivity index (χ3n) is 21.3. The molecular formula is C58H78Cl2O12. The number of fused-ring (bicyclic) bond motifs is 10. The molecule has 72 heavy (non-hydrogen) atoms. The van der Waals surface area contributed by atoms with Gasteiger partial charge in [0.1, 0.15) is 6.10 Å². The highest BCUT2D eigenvalue weighted by atomic mass is 35.5. The highest BCUT2D eigenvalue weighted by molar-refractivity contribution is 6.29. The van der Waals surface area contributed by atoms with Crippen LogP contribution >= 0.6 is 23.2 Å². The van der Waals surface area contributed by atoms with Crippen molar-refractivity contribution in [2.24, 2.45) is 68.5 Å². The van der Waals surface area contributed by atoms with E-state index >= 15 is 0 Å². The summed E-state index contributed by atoms with van der Waals surface area (Å²) in [7, 11) is 0. The molecule has 18 atom stereocenters. The number of hydrogen-bond donors (Lipinski definition) is 4. The lowest BCUT2D eigenvalue weighted by Crippen LogP contribution is -2.69. The van der Waals surface area contributed by atoms with Crippen LogP contribution in [0.3, 0.4) is 0 Å². The van der Waals surface area contributed by atoms with Gasteiger partial charge in [0.05, 0.1) is 35.3 Å². The summed E-state index contributed by atoms with van der Waals surface area (Å²) in [4.78, 5) is 62.5. The van der Waals surface area contributed by atoms with Gasteiger partial charge in [0, 0.05) is 29.2 Å². The number of alkyl halides is 2. The van der Waals surface area contributed by atoms with E-state index in [9.17, 15) is 44.4 Å². The average molecular weight is 1040 g/mol. The number of Topliss-reactive ketones (excluding diaryl/α,β-unsaturated/α-hetero) is 1. The molecule has 8 aliphatic rings. The van der Waals surface area contributed by atoms with E-state index in [0.717, 1.165) is 42.4 Å². The molecule has 1 heterocycles. The molecule has 0 radical (unpaired) electrons. The molecule has 0 aliphatic heterocycles. The third kappa shape index (κ3) is 8.02. The van der Waals surface area contributed by atoms with E-state index in [4.69, 9.17) is 37.1 Å². The number of aliphatic hydroxyl groups excluding tert-OH is 3. The number of furan rings is 1. The van der Waals surface area contributed by atoms with Crippen LogP contribution in [-0.2, 0) is 28.7 Å². The van der Waals surface area contributed by atoms with Crippen molar-refractivity contribution in [1.29, 1.82) is 0 Å². The maximum absolute atomic E-state index is 13.6. The molecule has 1 aromatic rings. The minimum Gasteiger partial charge on any atom is -0.478 e. The van der Waals surface area contributed by atoms with E-state index in [1.165, 1.54) is 25.3 Å². The smallest absolute Gasteiger partial charge is 0.375 e. The molecule has 0 saturated heterocycles. The van der Waals surface area contributed by atoms with Crippen LogP contribution in [0.4, 0.5) is 0 Å². The quantitative estimate of drug-likeness (QED) is 0.0791. The summed E-state index contributed by atoms with van der Waals surface area (Å²) in [6.07, 6.45) is 13.7. The van der Waals surface area contributed by atoms with Crippen molar-refractivity contribution in [3.63, 3.8) is 0 Å². The fourth-order valence-electron chi connectivity index (χ4n) is 17.9. The number of carbonyl (C=O) groups is 5. The van der Waals surface area contributed by atoms with Crippen LogP contribution in [0, 0.1) is 68.5 Å². The number of carbonyl (C=O) groups excluding carboxylic acids is 4. The molecular weight excluding hydrogens is 960 g/mol. The molecule has 4 N–H and O–H groups in total. The SMILES string of the molecule is CC(=O)O[C@H]1C[C@@]2(C)[C@@H](C[C@@H](O)[C@H]3[C@@]4(C)CC[C@@H](O)[C@@H](C)[C@@H]4CC[C@@]32C)/C1=C(\CCC=C(C)C)C(=O)O.C[C@@H]1C[C@H]2[C@@H]3CCC4=CC(=O)C=C[C@]4(C)[C@@]3(Cl)[C@@H](O)C[C@]2(C)[C@@]1(OC(=O)c1ccco1)C(=O)CCl. The lowest BCUT2D eigenvalue weighted by molar-refractivity contribution is -0.234. The molecule has 0 aromatic carbocycles. The second kappa shape index (κ2) is 19.2. The molecule has 396 valence electrons. The van der Waals surface area contributed by atoms with E-state index in [1.54, 1.807) is 12.1 Å². The number of aliphatic carboxylic acids is 1. The molecule has 9 rings (SSSR count). The third-order valence-corrected chi connectivity index (χ3v) is 22.4. The first-order chi connectivity index (χ1) is 33.6. The fourth-order valence-corrected chi connectivity index (χ4v) is 18.6.